The fourth-order valence-corrected chi connectivity index (χ4v) is 5.20. The Morgan fingerprint density at radius 3 is 2.30 bits per heavy atom. The molecule has 1 aromatic rings. The molecule has 1 aromatic carbocycles. The normalized spacial score (nSPS) is 23.6. The van der Waals surface area contributed by atoms with Crippen LogP contribution in [-0.2, 0) is 24.2 Å². The van der Waals surface area contributed by atoms with Crippen molar-refractivity contribution in [3.8, 4) is 0 Å². The molecule has 0 aliphatic carbocycles. The number of sulfonamides is 1. The highest BCUT2D eigenvalue weighted by Gasteiger charge is 2.41. The zero-order valence-corrected chi connectivity index (χ0v) is 15.9. The fraction of sp³-hybridized carbons (Fsp3) is 0.611. The summed E-state index contributed by atoms with van der Waals surface area (Å²) in [6, 6.07) is 6.29. The number of rotatable bonds is 3. The molecule has 0 N–H and O–H groups in total. The number of hydrogen-bond acceptors (Lipinski definition) is 6. The Morgan fingerprint density at radius 1 is 0.963 bits per heavy atom. The number of likely N-dealkylation sites (tertiary alicyclic amines) is 1. The van der Waals surface area contributed by atoms with Crippen LogP contribution in [-0.4, -0.2) is 81.9 Å². The lowest BCUT2D eigenvalue weighted by Gasteiger charge is -2.37. The Labute approximate surface area is 159 Å². The van der Waals surface area contributed by atoms with Crippen molar-refractivity contribution in [2.24, 2.45) is 0 Å². The van der Waals surface area contributed by atoms with Gasteiger partial charge in [-0.05, 0) is 18.2 Å². The largest absolute Gasteiger partial charge is 0.379 e. The third kappa shape index (κ3) is 3.74. The van der Waals surface area contributed by atoms with Gasteiger partial charge in [-0.15, -0.1) is 0 Å². The van der Waals surface area contributed by atoms with Crippen LogP contribution in [0.2, 0.25) is 0 Å². The van der Waals surface area contributed by atoms with Crippen LogP contribution >= 0.6 is 0 Å². The van der Waals surface area contributed by atoms with Gasteiger partial charge in [0.05, 0.1) is 31.3 Å². The Bertz CT molecular complexity index is 790. The molecule has 9 heteroatoms. The number of nitrogens with zero attached hydrogens (tertiary/aromatic N) is 2. The highest BCUT2D eigenvalue weighted by molar-refractivity contribution is 7.89. The standard InChI is InChI=1S/C18H24N2O6S/c21-17(19-6-4-18(5-7-19)25-12-13-26-18)15-2-1-3-16(14-15)27(22,23)20-8-10-24-11-9-20/h1-3,14H,4-13H2. The molecule has 1 amide bonds. The number of hydrogen-bond donors (Lipinski definition) is 0. The van der Waals surface area contributed by atoms with Crippen LogP contribution in [0.25, 0.3) is 0 Å². The van der Waals surface area contributed by atoms with Gasteiger partial charge in [-0.3, -0.25) is 4.79 Å². The summed E-state index contributed by atoms with van der Waals surface area (Å²) in [5, 5.41) is 0. The van der Waals surface area contributed by atoms with E-state index in [-0.39, 0.29) is 10.8 Å². The van der Waals surface area contributed by atoms with Crippen LogP contribution in [0.15, 0.2) is 29.2 Å². The average Bonchev–Trinajstić information content (AvgIpc) is 3.17. The highest BCUT2D eigenvalue weighted by atomic mass is 32.2. The number of amides is 1. The van der Waals surface area contributed by atoms with Crippen molar-refractivity contribution in [3.05, 3.63) is 29.8 Å². The maximum Gasteiger partial charge on any atom is 0.253 e. The zero-order valence-electron chi connectivity index (χ0n) is 15.1. The second-order valence-electron chi connectivity index (χ2n) is 6.94. The van der Waals surface area contributed by atoms with Gasteiger partial charge in [-0.25, -0.2) is 8.42 Å². The van der Waals surface area contributed by atoms with Gasteiger partial charge < -0.3 is 19.1 Å². The third-order valence-electron chi connectivity index (χ3n) is 5.31. The maximum atomic E-state index is 12.9. The molecule has 148 valence electrons. The van der Waals surface area contributed by atoms with Gasteiger partial charge in [0.2, 0.25) is 10.0 Å². The average molecular weight is 396 g/mol. The summed E-state index contributed by atoms with van der Waals surface area (Å²) in [4.78, 5) is 14.8. The molecule has 27 heavy (non-hydrogen) atoms. The second-order valence-corrected chi connectivity index (χ2v) is 8.88. The van der Waals surface area contributed by atoms with Gasteiger partial charge in [-0.2, -0.15) is 4.31 Å². The first-order valence-electron chi connectivity index (χ1n) is 9.25. The minimum atomic E-state index is -3.62. The van der Waals surface area contributed by atoms with Crippen LogP contribution in [0.3, 0.4) is 0 Å². The van der Waals surface area contributed by atoms with Crippen LogP contribution in [0.1, 0.15) is 23.2 Å². The van der Waals surface area contributed by atoms with Crippen LogP contribution in [0.5, 0.6) is 0 Å². The summed E-state index contributed by atoms with van der Waals surface area (Å²) < 4.78 is 43.6. The van der Waals surface area contributed by atoms with Gasteiger partial charge in [-0.1, -0.05) is 6.07 Å². The summed E-state index contributed by atoms with van der Waals surface area (Å²) in [7, 11) is -3.62. The Balaban J connectivity index is 1.48. The van der Waals surface area contributed by atoms with Crippen molar-refractivity contribution in [1.82, 2.24) is 9.21 Å². The first-order valence-corrected chi connectivity index (χ1v) is 10.7. The lowest BCUT2D eigenvalue weighted by molar-refractivity contribution is -0.181. The molecule has 3 aliphatic rings. The minimum absolute atomic E-state index is 0.145. The molecule has 0 saturated carbocycles. The topological polar surface area (TPSA) is 85.4 Å². The van der Waals surface area contributed by atoms with E-state index in [0.29, 0.717) is 71.0 Å². The van der Waals surface area contributed by atoms with Crippen LogP contribution < -0.4 is 0 Å². The van der Waals surface area contributed by atoms with E-state index in [9.17, 15) is 13.2 Å². The molecule has 0 aromatic heterocycles. The number of carbonyl (C=O) groups excluding carboxylic acids is 1. The molecular weight excluding hydrogens is 372 g/mol. The van der Waals surface area contributed by atoms with Crippen molar-refractivity contribution in [3.63, 3.8) is 0 Å². The van der Waals surface area contributed by atoms with Gasteiger partial charge in [0.25, 0.3) is 5.91 Å². The Kier molecular flexibility index (Phi) is 5.21. The fourth-order valence-electron chi connectivity index (χ4n) is 3.74. The predicted octanol–water partition coefficient (Wildman–Crippen LogP) is 0.687. The van der Waals surface area contributed by atoms with Gasteiger partial charge in [0.1, 0.15) is 0 Å². The van der Waals surface area contributed by atoms with E-state index in [2.05, 4.69) is 0 Å². The third-order valence-corrected chi connectivity index (χ3v) is 7.21. The number of ether oxygens (including phenoxy) is 3. The Hall–Kier alpha value is -1.52. The van der Waals surface area contributed by atoms with Gasteiger partial charge in [0, 0.05) is 44.6 Å². The smallest absolute Gasteiger partial charge is 0.253 e. The van der Waals surface area contributed by atoms with E-state index in [1.54, 1.807) is 17.0 Å². The second kappa shape index (κ2) is 7.48. The SMILES string of the molecule is O=C(c1cccc(S(=O)(=O)N2CCOCC2)c1)N1CCC2(CC1)OCCO2. The van der Waals surface area contributed by atoms with Crippen molar-refractivity contribution >= 4 is 15.9 Å². The minimum Gasteiger partial charge on any atom is -0.379 e. The molecule has 1 spiro atoms. The van der Waals surface area contributed by atoms with Crippen LogP contribution in [0.4, 0.5) is 0 Å². The Morgan fingerprint density at radius 2 is 1.63 bits per heavy atom. The summed E-state index contributed by atoms with van der Waals surface area (Å²) in [5.74, 6) is -0.708. The van der Waals surface area contributed by atoms with E-state index in [1.165, 1.54) is 16.4 Å². The monoisotopic (exact) mass is 396 g/mol. The first-order chi connectivity index (χ1) is 13.0. The van der Waals surface area contributed by atoms with E-state index in [0.717, 1.165) is 0 Å². The van der Waals surface area contributed by atoms with E-state index in [1.807, 2.05) is 0 Å². The van der Waals surface area contributed by atoms with E-state index in [4.69, 9.17) is 14.2 Å². The zero-order chi connectivity index (χ0) is 18.9. The maximum absolute atomic E-state index is 12.9. The van der Waals surface area contributed by atoms with Gasteiger partial charge in [0.15, 0.2) is 5.79 Å². The summed E-state index contributed by atoms with van der Waals surface area (Å²) in [6.45, 7) is 3.67. The van der Waals surface area contributed by atoms with E-state index < -0.39 is 15.8 Å². The molecule has 0 atom stereocenters. The molecule has 3 heterocycles. The van der Waals surface area contributed by atoms with E-state index >= 15 is 0 Å². The van der Waals surface area contributed by atoms with Crippen molar-refractivity contribution in [2.45, 2.75) is 23.5 Å². The lowest BCUT2D eigenvalue weighted by Crippen LogP contribution is -2.47. The first kappa shape index (κ1) is 18.8. The highest BCUT2D eigenvalue weighted by Crippen LogP contribution is 2.32. The molecule has 4 rings (SSSR count). The molecule has 3 saturated heterocycles. The summed E-state index contributed by atoms with van der Waals surface area (Å²) in [6.07, 6.45) is 1.26. The van der Waals surface area contributed by atoms with Crippen molar-refractivity contribution in [1.29, 1.82) is 0 Å². The molecular formula is C18H24N2O6S. The number of carbonyl (C=O) groups is 1. The number of benzene rings is 1. The lowest BCUT2D eigenvalue weighted by atomic mass is 10.0. The number of piperidine rings is 1. The summed E-state index contributed by atoms with van der Waals surface area (Å²) >= 11 is 0. The van der Waals surface area contributed by atoms with Crippen molar-refractivity contribution < 1.29 is 27.4 Å². The molecule has 0 unspecified atom stereocenters. The predicted molar refractivity (Wildman–Crippen MR) is 95.8 cm³/mol. The summed E-state index contributed by atoms with van der Waals surface area (Å²) in [5.41, 5.74) is 0.383. The molecule has 3 fully saturated rings. The molecule has 0 bridgehead atoms. The molecule has 8 nitrogen and oxygen atoms in total. The quantitative estimate of drug-likeness (QED) is 0.747. The van der Waals surface area contributed by atoms with Gasteiger partial charge >= 0.3 is 0 Å². The number of morpholine rings is 1. The molecule has 3 aliphatic heterocycles. The molecule has 0 radical (unpaired) electrons. The van der Waals surface area contributed by atoms with Crippen LogP contribution in [0, 0.1) is 0 Å². The van der Waals surface area contributed by atoms with Crippen molar-refractivity contribution in [2.75, 3.05) is 52.6 Å².